The van der Waals surface area contributed by atoms with Gasteiger partial charge < -0.3 is 0 Å². The first-order valence-electron chi connectivity index (χ1n) is 6.54. The zero-order chi connectivity index (χ0) is 13.4. The third-order valence-electron chi connectivity index (χ3n) is 4.40. The van der Waals surface area contributed by atoms with Gasteiger partial charge in [0.05, 0.1) is 0 Å². The van der Waals surface area contributed by atoms with Crippen molar-refractivity contribution < 1.29 is 9.59 Å². The van der Waals surface area contributed by atoms with E-state index in [4.69, 9.17) is 0 Å². The molecule has 0 N–H and O–H groups in total. The van der Waals surface area contributed by atoms with E-state index in [9.17, 15) is 9.59 Å². The van der Waals surface area contributed by atoms with E-state index in [0.717, 1.165) is 66.8 Å². The second-order valence-corrected chi connectivity index (χ2v) is 5.27. The molecule has 0 fully saturated rings. The van der Waals surface area contributed by atoms with E-state index >= 15 is 0 Å². The Bertz CT molecular complexity index is 954. The zero-order valence-corrected chi connectivity index (χ0v) is 10.4. The van der Waals surface area contributed by atoms with Gasteiger partial charge in [-0.2, -0.15) is 0 Å². The molecule has 0 atom stereocenters. The quantitative estimate of drug-likeness (QED) is 0.443. The van der Waals surface area contributed by atoms with Crippen LogP contribution >= 0.6 is 0 Å². The highest BCUT2D eigenvalue weighted by Gasteiger charge is 2.26. The summed E-state index contributed by atoms with van der Waals surface area (Å²) in [6.45, 7) is 0. The van der Waals surface area contributed by atoms with E-state index in [1.807, 2.05) is 36.4 Å². The smallest absolute Gasteiger partial charge is 0.151 e. The predicted molar refractivity (Wildman–Crippen MR) is 80.8 cm³/mol. The first kappa shape index (κ1) is 10.1. The predicted octanol–water partition coefficient (Wildman–Crippen LogP) is 4.24. The van der Waals surface area contributed by atoms with E-state index in [1.54, 1.807) is 0 Å². The van der Waals surface area contributed by atoms with Crippen molar-refractivity contribution in [2.24, 2.45) is 0 Å². The van der Waals surface area contributed by atoms with Crippen LogP contribution in [0.4, 0.5) is 0 Å². The molecule has 92 valence electrons. The molecule has 5 aromatic rings. The molecule has 0 radical (unpaired) electrons. The second-order valence-electron chi connectivity index (χ2n) is 5.27. The van der Waals surface area contributed by atoms with Crippen LogP contribution in [-0.4, -0.2) is 12.6 Å². The van der Waals surface area contributed by atoms with E-state index in [2.05, 4.69) is 0 Å². The Hall–Kier alpha value is -2.74. The van der Waals surface area contributed by atoms with Crippen LogP contribution in [0.3, 0.4) is 0 Å². The van der Waals surface area contributed by atoms with Crippen molar-refractivity contribution >= 4 is 55.7 Å². The van der Waals surface area contributed by atoms with Crippen molar-refractivity contribution in [1.82, 2.24) is 0 Å². The molecule has 0 aromatic heterocycles. The molecule has 20 heavy (non-hydrogen) atoms. The van der Waals surface area contributed by atoms with Crippen LogP contribution < -0.4 is 0 Å². The molecule has 0 heterocycles. The van der Waals surface area contributed by atoms with Gasteiger partial charge in [0.1, 0.15) is 0 Å². The molecule has 2 heteroatoms. The largest absolute Gasteiger partial charge is 0.298 e. The van der Waals surface area contributed by atoms with Gasteiger partial charge in [0.2, 0.25) is 0 Å². The second kappa shape index (κ2) is 3.05. The summed E-state index contributed by atoms with van der Waals surface area (Å²) in [6.07, 6.45) is 1.88. The normalized spacial score (nSPS) is 12.4. The number of carbonyl (C=O) groups is 2. The van der Waals surface area contributed by atoms with E-state index in [-0.39, 0.29) is 0 Å². The fraction of sp³-hybridized carbons (Fsp3) is 0. The van der Waals surface area contributed by atoms with Gasteiger partial charge in [-0.3, -0.25) is 9.59 Å². The molecule has 2 nitrogen and oxygen atoms in total. The van der Waals surface area contributed by atoms with Crippen LogP contribution in [0.1, 0.15) is 20.7 Å². The van der Waals surface area contributed by atoms with Gasteiger partial charge in [0.25, 0.3) is 0 Å². The highest BCUT2D eigenvalue weighted by atomic mass is 16.1. The van der Waals surface area contributed by atoms with E-state index in [0.29, 0.717) is 0 Å². The molecule has 0 spiro atoms. The van der Waals surface area contributed by atoms with Crippen molar-refractivity contribution in [3.8, 4) is 0 Å². The van der Waals surface area contributed by atoms with Crippen LogP contribution in [0.5, 0.6) is 0 Å². The molecular formula is C18H8O2. The molecule has 0 amide bonds. The minimum Gasteiger partial charge on any atom is -0.298 e. The fourth-order valence-electron chi connectivity index (χ4n) is 3.47. The Balaban J connectivity index is 2.20. The lowest BCUT2D eigenvalue weighted by atomic mass is 10.2. The summed E-state index contributed by atoms with van der Waals surface area (Å²) in [5.74, 6) is 0. The SMILES string of the molecule is O=Cc1c2c3cccc3c3c(C=O)c3c3cccc3c12. The van der Waals surface area contributed by atoms with Gasteiger partial charge in [0.15, 0.2) is 12.6 Å². The molecule has 0 aliphatic carbocycles. The standard InChI is InChI=1S/C18H8O2/c19-7-13-15-9-3-1-4-10(9)16-14(8-20)18(16)12-6-2-5-11(12)17(13)15/h1-8H. The number of rotatable bonds is 2. The molecule has 0 aliphatic heterocycles. The third kappa shape index (κ3) is 0.946. The maximum Gasteiger partial charge on any atom is 0.151 e. The number of hydrogen-bond acceptors (Lipinski definition) is 2. The summed E-state index contributed by atoms with van der Waals surface area (Å²) < 4.78 is 0. The molecule has 5 rings (SSSR count). The van der Waals surface area contributed by atoms with Crippen LogP contribution in [-0.2, 0) is 0 Å². The van der Waals surface area contributed by atoms with Crippen molar-refractivity contribution in [1.29, 1.82) is 0 Å². The Morgan fingerprint density at radius 1 is 0.550 bits per heavy atom. The van der Waals surface area contributed by atoms with Crippen LogP contribution in [0.15, 0.2) is 36.4 Å². The number of carbonyl (C=O) groups excluding carboxylic acids is 2. The highest BCUT2D eigenvalue weighted by Crippen LogP contribution is 2.49. The topological polar surface area (TPSA) is 34.1 Å². The summed E-state index contributed by atoms with van der Waals surface area (Å²) in [5, 5.41) is 8.53. The van der Waals surface area contributed by atoms with Gasteiger partial charge in [-0.25, -0.2) is 0 Å². The maximum atomic E-state index is 11.3. The van der Waals surface area contributed by atoms with Crippen LogP contribution in [0, 0.1) is 0 Å². The van der Waals surface area contributed by atoms with Gasteiger partial charge in [-0.05, 0) is 21.5 Å². The van der Waals surface area contributed by atoms with Crippen molar-refractivity contribution in [3.63, 3.8) is 0 Å². The van der Waals surface area contributed by atoms with E-state index in [1.165, 1.54) is 0 Å². The first-order chi connectivity index (χ1) is 9.86. The Morgan fingerprint density at radius 2 is 0.850 bits per heavy atom. The summed E-state index contributed by atoms with van der Waals surface area (Å²) in [4.78, 5) is 22.6. The van der Waals surface area contributed by atoms with Crippen LogP contribution in [0.25, 0.3) is 43.1 Å². The lowest BCUT2D eigenvalue weighted by Crippen LogP contribution is -1.60. The minimum atomic E-state index is 0.806. The summed E-state index contributed by atoms with van der Waals surface area (Å²) in [7, 11) is 0. The molecule has 5 aromatic carbocycles. The van der Waals surface area contributed by atoms with Gasteiger partial charge in [-0.15, -0.1) is 0 Å². The maximum absolute atomic E-state index is 11.3. The molecule has 0 saturated carbocycles. The monoisotopic (exact) mass is 256 g/mol. The van der Waals surface area contributed by atoms with Gasteiger partial charge >= 0.3 is 0 Å². The average molecular weight is 256 g/mol. The number of fused-ring (bicyclic) bond motifs is 8. The van der Waals surface area contributed by atoms with E-state index < -0.39 is 0 Å². The highest BCUT2D eigenvalue weighted by molar-refractivity contribution is 6.44. The molecule has 0 aliphatic rings. The average Bonchev–Trinajstić information content (AvgIpc) is 3.21. The lowest BCUT2D eigenvalue weighted by Gasteiger charge is -1.84. The van der Waals surface area contributed by atoms with Crippen molar-refractivity contribution in [3.05, 3.63) is 47.5 Å². The first-order valence-corrected chi connectivity index (χ1v) is 6.54. The summed E-state index contributed by atoms with van der Waals surface area (Å²) >= 11 is 0. The van der Waals surface area contributed by atoms with Gasteiger partial charge in [0, 0.05) is 32.7 Å². The Kier molecular flexibility index (Phi) is 1.54. The van der Waals surface area contributed by atoms with Crippen molar-refractivity contribution in [2.45, 2.75) is 0 Å². The number of hydrogen-bond donors (Lipinski definition) is 0. The summed E-state index contributed by atoms with van der Waals surface area (Å²) in [6, 6.07) is 12.1. The minimum absolute atomic E-state index is 0.806. The molecule has 0 saturated heterocycles. The van der Waals surface area contributed by atoms with Crippen molar-refractivity contribution in [2.75, 3.05) is 0 Å². The molecular weight excluding hydrogens is 248 g/mol. The molecule has 0 bridgehead atoms. The Morgan fingerprint density at radius 3 is 1.10 bits per heavy atom. The lowest BCUT2D eigenvalue weighted by molar-refractivity contribution is 0.112. The van der Waals surface area contributed by atoms with Crippen LogP contribution in [0.2, 0.25) is 0 Å². The summed E-state index contributed by atoms with van der Waals surface area (Å²) in [5.41, 5.74) is 1.61. The fourth-order valence-corrected chi connectivity index (χ4v) is 3.47. The molecule has 0 unspecified atom stereocenters. The van der Waals surface area contributed by atoms with Gasteiger partial charge in [-0.1, -0.05) is 36.4 Å². The number of aldehydes is 2. The zero-order valence-electron chi connectivity index (χ0n) is 10.4. The third-order valence-corrected chi connectivity index (χ3v) is 4.40. The Labute approximate surface area is 113 Å².